The van der Waals surface area contributed by atoms with E-state index in [9.17, 15) is 4.79 Å². The Bertz CT molecular complexity index is 356. The monoisotopic (exact) mass is 191 g/mol. The molecule has 2 N–H and O–H groups in total. The number of hydrogen-bond acceptors (Lipinski definition) is 1. The van der Waals surface area contributed by atoms with Crippen LogP contribution < -0.4 is 5.73 Å². The highest BCUT2D eigenvalue weighted by Gasteiger charge is 2.13. The molecule has 0 aliphatic heterocycles. The Morgan fingerprint density at radius 1 is 1.29 bits per heavy atom. The van der Waals surface area contributed by atoms with Gasteiger partial charge in [0.25, 0.3) is 0 Å². The number of rotatable bonds is 3. The zero-order valence-electron chi connectivity index (χ0n) is 9.05. The summed E-state index contributed by atoms with van der Waals surface area (Å²) in [4.78, 5) is 11.3. The number of nitrogens with two attached hydrogens (primary N) is 1. The standard InChI is InChI=1S/C12H17NO/c1-4-9-7-6-8(3)10(5-2)11(9)12(13)14/h6-7H,4-5H2,1-3H3,(H2,13,14). The molecule has 0 aliphatic rings. The number of aryl methyl sites for hydroxylation is 2. The minimum absolute atomic E-state index is 0.303. The maximum atomic E-state index is 11.3. The SMILES string of the molecule is CCc1ccc(C)c(CC)c1C(N)=O. The molecule has 0 spiro atoms. The molecule has 1 amide bonds. The molecule has 0 aromatic heterocycles. The minimum Gasteiger partial charge on any atom is -0.366 e. The summed E-state index contributed by atoms with van der Waals surface area (Å²) < 4.78 is 0. The van der Waals surface area contributed by atoms with Crippen molar-refractivity contribution in [2.45, 2.75) is 33.6 Å². The van der Waals surface area contributed by atoms with Crippen molar-refractivity contribution in [3.63, 3.8) is 0 Å². The van der Waals surface area contributed by atoms with Crippen LogP contribution in [0.5, 0.6) is 0 Å². The molecule has 0 aliphatic carbocycles. The molecule has 0 saturated heterocycles. The fourth-order valence-electron chi connectivity index (χ4n) is 1.86. The topological polar surface area (TPSA) is 43.1 Å². The van der Waals surface area contributed by atoms with Gasteiger partial charge in [-0.3, -0.25) is 4.79 Å². The maximum Gasteiger partial charge on any atom is 0.249 e. The number of benzene rings is 1. The van der Waals surface area contributed by atoms with Crippen LogP contribution in [-0.4, -0.2) is 5.91 Å². The Kier molecular flexibility index (Phi) is 3.28. The quantitative estimate of drug-likeness (QED) is 0.782. The van der Waals surface area contributed by atoms with Crippen molar-refractivity contribution in [2.75, 3.05) is 0 Å². The van der Waals surface area contributed by atoms with Crippen LogP contribution in [0.1, 0.15) is 40.9 Å². The molecule has 1 aromatic carbocycles. The third-order valence-corrected chi connectivity index (χ3v) is 2.61. The first kappa shape index (κ1) is 10.8. The van der Waals surface area contributed by atoms with Gasteiger partial charge in [0.2, 0.25) is 5.91 Å². The molecule has 0 bridgehead atoms. The van der Waals surface area contributed by atoms with E-state index in [1.807, 2.05) is 26.8 Å². The van der Waals surface area contributed by atoms with Crippen molar-refractivity contribution < 1.29 is 4.79 Å². The lowest BCUT2D eigenvalue weighted by Crippen LogP contribution is -2.17. The van der Waals surface area contributed by atoms with Crippen molar-refractivity contribution in [3.8, 4) is 0 Å². The van der Waals surface area contributed by atoms with Crippen molar-refractivity contribution in [1.29, 1.82) is 0 Å². The van der Waals surface area contributed by atoms with Gasteiger partial charge >= 0.3 is 0 Å². The first-order valence-electron chi connectivity index (χ1n) is 5.02. The van der Waals surface area contributed by atoms with Crippen molar-refractivity contribution >= 4 is 5.91 Å². The third kappa shape index (κ3) is 1.79. The molecule has 0 atom stereocenters. The molecule has 14 heavy (non-hydrogen) atoms. The van der Waals surface area contributed by atoms with E-state index in [0.29, 0.717) is 0 Å². The molecule has 0 fully saturated rings. The van der Waals surface area contributed by atoms with E-state index in [1.165, 1.54) is 0 Å². The van der Waals surface area contributed by atoms with Crippen LogP contribution in [-0.2, 0) is 12.8 Å². The normalized spacial score (nSPS) is 10.2. The first-order chi connectivity index (χ1) is 6.61. The highest BCUT2D eigenvalue weighted by Crippen LogP contribution is 2.19. The van der Waals surface area contributed by atoms with Gasteiger partial charge in [-0.15, -0.1) is 0 Å². The van der Waals surface area contributed by atoms with Gasteiger partial charge < -0.3 is 5.73 Å². The summed E-state index contributed by atoms with van der Waals surface area (Å²) in [6, 6.07) is 4.05. The van der Waals surface area contributed by atoms with Crippen LogP contribution in [0.25, 0.3) is 0 Å². The minimum atomic E-state index is -0.303. The third-order valence-electron chi connectivity index (χ3n) is 2.61. The van der Waals surface area contributed by atoms with E-state index < -0.39 is 0 Å². The van der Waals surface area contributed by atoms with E-state index in [4.69, 9.17) is 5.73 Å². The summed E-state index contributed by atoms with van der Waals surface area (Å²) in [5.74, 6) is -0.303. The lowest BCUT2D eigenvalue weighted by Gasteiger charge is -2.12. The van der Waals surface area contributed by atoms with Gasteiger partial charge in [-0.1, -0.05) is 26.0 Å². The second-order valence-corrected chi connectivity index (χ2v) is 3.47. The lowest BCUT2D eigenvalue weighted by atomic mass is 9.93. The Hall–Kier alpha value is -1.31. The van der Waals surface area contributed by atoms with Gasteiger partial charge in [-0.2, -0.15) is 0 Å². The Labute approximate surface area is 85.1 Å². The van der Waals surface area contributed by atoms with Gasteiger partial charge in [0.05, 0.1) is 0 Å². The predicted octanol–water partition coefficient (Wildman–Crippen LogP) is 2.22. The van der Waals surface area contributed by atoms with E-state index in [1.54, 1.807) is 0 Å². The van der Waals surface area contributed by atoms with Crippen molar-refractivity contribution in [2.24, 2.45) is 5.73 Å². The number of hydrogen-bond donors (Lipinski definition) is 1. The molecule has 1 rings (SSSR count). The van der Waals surface area contributed by atoms with Crippen LogP contribution in [0.3, 0.4) is 0 Å². The number of carbonyl (C=O) groups is 1. The second-order valence-electron chi connectivity index (χ2n) is 3.47. The summed E-state index contributed by atoms with van der Waals surface area (Å²) in [5, 5.41) is 0. The van der Waals surface area contributed by atoms with E-state index in [2.05, 4.69) is 6.07 Å². The second kappa shape index (κ2) is 4.27. The van der Waals surface area contributed by atoms with Crippen LogP contribution >= 0.6 is 0 Å². The number of primary amides is 1. The zero-order valence-corrected chi connectivity index (χ0v) is 9.05. The maximum absolute atomic E-state index is 11.3. The summed E-state index contributed by atoms with van der Waals surface area (Å²) in [5.41, 5.74) is 9.43. The highest BCUT2D eigenvalue weighted by atomic mass is 16.1. The molecule has 0 saturated carbocycles. The average Bonchev–Trinajstić information content (AvgIpc) is 2.17. The van der Waals surface area contributed by atoms with Crippen molar-refractivity contribution in [3.05, 3.63) is 34.4 Å². The van der Waals surface area contributed by atoms with Crippen LogP contribution in [0.2, 0.25) is 0 Å². The van der Waals surface area contributed by atoms with E-state index in [-0.39, 0.29) is 5.91 Å². The van der Waals surface area contributed by atoms with Crippen molar-refractivity contribution in [1.82, 2.24) is 0 Å². The Balaban J connectivity index is 3.43. The van der Waals surface area contributed by atoms with Crippen LogP contribution in [0, 0.1) is 6.92 Å². The summed E-state index contributed by atoms with van der Waals surface area (Å²) in [6.07, 6.45) is 1.71. The summed E-state index contributed by atoms with van der Waals surface area (Å²) >= 11 is 0. The van der Waals surface area contributed by atoms with E-state index >= 15 is 0 Å². The number of amides is 1. The molecule has 1 aromatic rings. The fraction of sp³-hybridized carbons (Fsp3) is 0.417. The molecular formula is C12H17NO. The highest BCUT2D eigenvalue weighted by molar-refractivity contribution is 5.96. The summed E-state index contributed by atoms with van der Waals surface area (Å²) in [7, 11) is 0. The molecule has 0 unspecified atom stereocenters. The van der Waals surface area contributed by atoms with Crippen LogP contribution in [0.4, 0.5) is 0 Å². The fourth-order valence-corrected chi connectivity index (χ4v) is 1.86. The van der Waals surface area contributed by atoms with E-state index in [0.717, 1.165) is 35.1 Å². The number of carbonyl (C=O) groups excluding carboxylic acids is 1. The molecule has 2 heteroatoms. The summed E-state index contributed by atoms with van der Waals surface area (Å²) in [6.45, 7) is 6.11. The predicted molar refractivity (Wildman–Crippen MR) is 58.5 cm³/mol. The van der Waals surface area contributed by atoms with Crippen LogP contribution in [0.15, 0.2) is 12.1 Å². The smallest absolute Gasteiger partial charge is 0.249 e. The average molecular weight is 191 g/mol. The van der Waals surface area contributed by atoms with Gasteiger partial charge in [-0.25, -0.2) is 0 Å². The lowest BCUT2D eigenvalue weighted by molar-refractivity contribution is 0.0998. The molecule has 0 radical (unpaired) electrons. The van der Waals surface area contributed by atoms with Gasteiger partial charge in [-0.05, 0) is 36.5 Å². The Morgan fingerprint density at radius 3 is 2.36 bits per heavy atom. The van der Waals surface area contributed by atoms with Gasteiger partial charge in [0.15, 0.2) is 0 Å². The largest absolute Gasteiger partial charge is 0.366 e. The molecule has 2 nitrogen and oxygen atoms in total. The first-order valence-corrected chi connectivity index (χ1v) is 5.02. The molecular weight excluding hydrogens is 174 g/mol. The molecule has 76 valence electrons. The Morgan fingerprint density at radius 2 is 1.93 bits per heavy atom. The molecule has 0 heterocycles. The van der Waals surface area contributed by atoms with Gasteiger partial charge in [0, 0.05) is 5.56 Å². The zero-order chi connectivity index (χ0) is 10.7. The van der Waals surface area contributed by atoms with Gasteiger partial charge in [0.1, 0.15) is 0 Å².